The highest BCUT2D eigenvalue weighted by atomic mass is 16.6. The van der Waals surface area contributed by atoms with Gasteiger partial charge in [0.15, 0.2) is 12.7 Å². The Kier molecular flexibility index (Phi) is 7.20. The average molecular weight is 229 g/mol. The molecule has 1 unspecified atom stereocenters. The number of esters is 1. The number of hydrogen-bond donors (Lipinski definition) is 1. The van der Waals surface area contributed by atoms with E-state index >= 15 is 0 Å². The minimum Gasteiger partial charge on any atom is -0.454 e. The molecule has 5 nitrogen and oxygen atoms in total. The van der Waals surface area contributed by atoms with Crippen LogP contribution in [0.1, 0.15) is 20.8 Å². The number of ether oxygens (including phenoxy) is 2. The molecule has 5 heteroatoms. The minimum absolute atomic E-state index is 0.0284. The Hall–Kier alpha value is -1.36. The zero-order valence-corrected chi connectivity index (χ0v) is 9.99. The van der Waals surface area contributed by atoms with Crippen LogP contribution in [0.4, 0.5) is 0 Å². The third-order valence-electron chi connectivity index (χ3n) is 1.59. The fourth-order valence-corrected chi connectivity index (χ4v) is 0.898. The molecule has 92 valence electrons. The van der Waals surface area contributed by atoms with Gasteiger partial charge in [-0.3, -0.25) is 4.79 Å². The number of carbonyl (C=O) groups is 2. The SMILES string of the molecule is C=CCOC(C)C(=O)OCC(=O)NC(C)C. The Bertz CT molecular complexity index is 250. The van der Waals surface area contributed by atoms with Gasteiger partial charge in [0.1, 0.15) is 0 Å². The molecule has 1 N–H and O–H groups in total. The second-order valence-corrected chi connectivity index (χ2v) is 3.59. The normalized spacial score (nSPS) is 12.0. The van der Waals surface area contributed by atoms with Gasteiger partial charge in [0.25, 0.3) is 5.91 Å². The van der Waals surface area contributed by atoms with Crippen LogP contribution in [0.5, 0.6) is 0 Å². The monoisotopic (exact) mass is 229 g/mol. The lowest BCUT2D eigenvalue weighted by atomic mass is 10.4. The summed E-state index contributed by atoms with van der Waals surface area (Å²) >= 11 is 0. The molecule has 0 fully saturated rings. The van der Waals surface area contributed by atoms with Crippen molar-refractivity contribution in [3.8, 4) is 0 Å². The van der Waals surface area contributed by atoms with Crippen LogP contribution in [-0.4, -0.2) is 37.2 Å². The van der Waals surface area contributed by atoms with Crippen molar-refractivity contribution in [2.75, 3.05) is 13.2 Å². The molecule has 1 amide bonds. The van der Waals surface area contributed by atoms with E-state index < -0.39 is 12.1 Å². The molecule has 0 saturated heterocycles. The fraction of sp³-hybridized carbons (Fsp3) is 0.636. The predicted octanol–water partition coefficient (Wildman–Crippen LogP) is 0.645. The van der Waals surface area contributed by atoms with Gasteiger partial charge in [-0.15, -0.1) is 6.58 Å². The van der Waals surface area contributed by atoms with Gasteiger partial charge in [0.05, 0.1) is 6.61 Å². The van der Waals surface area contributed by atoms with Gasteiger partial charge < -0.3 is 14.8 Å². The van der Waals surface area contributed by atoms with Crippen molar-refractivity contribution >= 4 is 11.9 Å². The molecule has 16 heavy (non-hydrogen) atoms. The Morgan fingerprint density at radius 3 is 2.50 bits per heavy atom. The van der Waals surface area contributed by atoms with Gasteiger partial charge in [-0.25, -0.2) is 4.79 Å². The first-order valence-corrected chi connectivity index (χ1v) is 5.15. The van der Waals surface area contributed by atoms with Crippen molar-refractivity contribution in [1.29, 1.82) is 0 Å². The first-order valence-electron chi connectivity index (χ1n) is 5.15. The van der Waals surface area contributed by atoms with Crippen molar-refractivity contribution < 1.29 is 19.1 Å². The summed E-state index contributed by atoms with van der Waals surface area (Å²) in [6.07, 6.45) is 0.847. The van der Waals surface area contributed by atoms with Gasteiger partial charge in [-0.2, -0.15) is 0 Å². The summed E-state index contributed by atoms with van der Waals surface area (Å²) in [6, 6.07) is 0.0284. The van der Waals surface area contributed by atoms with Gasteiger partial charge in [0.2, 0.25) is 0 Å². The van der Waals surface area contributed by atoms with E-state index in [2.05, 4.69) is 11.9 Å². The van der Waals surface area contributed by atoms with E-state index in [-0.39, 0.29) is 25.2 Å². The molecule has 0 aromatic rings. The summed E-state index contributed by atoms with van der Waals surface area (Å²) in [5.74, 6) is -0.875. The summed E-state index contributed by atoms with van der Waals surface area (Å²) in [7, 11) is 0. The highest BCUT2D eigenvalue weighted by Crippen LogP contribution is 1.94. The van der Waals surface area contributed by atoms with E-state index in [9.17, 15) is 9.59 Å². The van der Waals surface area contributed by atoms with Crippen LogP contribution in [0.15, 0.2) is 12.7 Å². The first kappa shape index (κ1) is 14.6. The third kappa shape index (κ3) is 7.00. The largest absolute Gasteiger partial charge is 0.454 e. The Morgan fingerprint density at radius 1 is 1.38 bits per heavy atom. The molecule has 0 bridgehead atoms. The third-order valence-corrected chi connectivity index (χ3v) is 1.59. The Balaban J connectivity index is 3.79. The highest BCUT2D eigenvalue weighted by Gasteiger charge is 2.15. The molecule has 0 rings (SSSR count). The highest BCUT2D eigenvalue weighted by molar-refractivity contribution is 5.81. The van der Waals surface area contributed by atoms with E-state index in [1.165, 1.54) is 6.08 Å². The molecule has 0 radical (unpaired) electrons. The summed E-state index contributed by atoms with van der Waals surface area (Å²) < 4.78 is 9.80. The Morgan fingerprint density at radius 2 is 2.00 bits per heavy atom. The number of hydrogen-bond acceptors (Lipinski definition) is 4. The lowest BCUT2D eigenvalue weighted by molar-refractivity contribution is -0.158. The molecular formula is C11H19NO4. The molecule has 1 atom stereocenters. The Labute approximate surface area is 95.8 Å². The zero-order chi connectivity index (χ0) is 12.6. The van der Waals surface area contributed by atoms with E-state index in [0.29, 0.717) is 0 Å². The van der Waals surface area contributed by atoms with Crippen LogP contribution in [0.3, 0.4) is 0 Å². The molecule has 0 saturated carbocycles. The van der Waals surface area contributed by atoms with Crippen LogP contribution in [-0.2, 0) is 19.1 Å². The van der Waals surface area contributed by atoms with Crippen LogP contribution >= 0.6 is 0 Å². The summed E-state index contributed by atoms with van der Waals surface area (Å²) in [5.41, 5.74) is 0. The number of rotatable bonds is 7. The minimum atomic E-state index is -0.690. The summed E-state index contributed by atoms with van der Waals surface area (Å²) in [6.45, 7) is 8.67. The van der Waals surface area contributed by atoms with E-state index in [1.807, 2.05) is 13.8 Å². The first-order chi connectivity index (χ1) is 7.47. The molecule has 0 aliphatic rings. The summed E-state index contributed by atoms with van der Waals surface area (Å²) in [5, 5.41) is 2.61. The van der Waals surface area contributed by atoms with Crippen molar-refractivity contribution in [3.05, 3.63) is 12.7 Å². The van der Waals surface area contributed by atoms with E-state index in [0.717, 1.165) is 0 Å². The lowest BCUT2D eigenvalue weighted by Gasteiger charge is -2.12. The number of amides is 1. The summed E-state index contributed by atoms with van der Waals surface area (Å²) in [4.78, 5) is 22.4. The maximum absolute atomic E-state index is 11.3. The van der Waals surface area contributed by atoms with Gasteiger partial charge >= 0.3 is 5.97 Å². The molecule has 0 spiro atoms. The number of carbonyl (C=O) groups excluding carboxylic acids is 2. The second-order valence-electron chi connectivity index (χ2n) is 3.59. The smallest absolute Gasteiger partial charge is 0.335 e. The van der Waals surface area contributed by atoms with E-state index in [1.54, 1.807) is 6.92 Å². The maximum atomic E-state index is 11.3. The van der Waals surface area contributed by atoms with E-state index in [4.69, 9.17) is 9.47 Å². The molecule has 0 heterocycles. The fourth-order valence-electron chi connectivity index (χ4n) is 0.898. The molecule has 0 aromatic heterocycles. The quantitative estimate of drug-likeness (QED) is 0.514. The number of nitrogens with one attached hydrogen (secondary N) is 1. The van der Waals surface area contributed by atoms with Crippen molar-refractivity contribution in [3.63, 3.8) is 0 Å². The predicted molar refractivity (Wildman–Crippen MR) is 59.8 cm³/mol. The van der Waals surface area contributed by atoms with Crippen molar-refractivity contribution in [2.24, 2.45) is 0 Å². The molecular weight excluding hydrogens is 210 g/mol. The molecule has 0 aromatic carbocycles. The van der Waals surface area contributed by atoms with Gasteiger partial charge in [-0.1, -0.05) is 6.08 Å². The van der Waals surface area contributed by atoms with Crippen LogP contribution in [0.25, 0.3) is 0 Å². The van der Waals surface area contributed by atoms with Gasteiger partial charge in [0, 0.05) is 6.04 Å². The maximum Gasteiger partial charge on any atom is 0.335 e. The topological polar surface area (TPSA) is 64.6 Å². The zero-order valence-electron chi connectivity index (χ0n) is 9.99. The average Bonchev–Trinajstić information content (AvgIpc) is 2.21. The van der Waals surface area contributed by atoms with Crippen LogP contribution in [0.2, 0.25) is 0 Å². The van der Waals surface area contributed by atoms with Crippen molar-refractivity contribution in [1.82, 2.24) is 5.32 Å². The molecule has 0 aliphatic carbocycles. The standard InChI is InChI=1S/C11H19NO4/c1-5-6-15-9(4)11(14)16-7-10(13)12-8(2)3/h5,8-9H,1,6-7H2,2-4H3,(H,12,13). The molecule has 0 aliphatic heterocycles. The van der Waals surface area contributed by atoms with Crippen LogP contribution in [0, 0.1) is 0 Å². The van der Waals surface area contributed by atoms with Crippen LogP contribution < -0.4 is 5.32 Å². The van der Waals surface area contributed by atoms with Crippen molar-refractivity contribution in [2.45, 2.75) is 32.9 Å². The van der Waals surface area contributed by atoms with Gasteiger partial charge in [-0.05, 0) is 20.8 Å². The lowest BCUT2D eigenvalue weighted by Crippen LogP contribution is -2.35. The second kappa shape index (κ2) is 7.87.